The monoisotopic (exact) mass is 353 g/mol. The minimum atomic E-state index is -0.869. The van der Waals surface area contributed by atoms with Crippen molar-refractivity contribution in [2.24, 2.45) is 11.5 Å². The van der Waals surface area contributed by atoms with E-state index in [1.807, 2.05) is 0 Å². The first-order valence-corrected chi connectivity index (χ1v) is 8.07. The third-order valence-corrected chi connectivity index (χ3v) is 4.14. The lowest BCUT2D eigenvalue weighted by atomic mass is 10.1. The molecule has 2 rings (SSSR count). The highest BCUT2D eigenvalue weighted by molar-refractivity contribution is 6.02. The lowest BCUT2D eigenvalue weighted by Gasteiger charge is -2.23. The molecule has 2 unspecified atom stereocenters. The number of nitrogens with zero attached hydrogens (tertiary/aromatic N) is 1. The van der Waals surface area contributed by atoms with Gasteiger partial charge in [0.25, 0.3) is 0 Å². The number of ether oxygens (including phenoxy) is 1. The number of methoxy groups -OCH3 is 1. The normalized spacial score (nSPS) is 17.1. The zero-order valence-electron chi connectivity index (χ0n) is 14.1. The van der Waals surface area contributed by atoms with E-state index in [4.69, 9.17) is 11.5 Å². The van der Waals surface area contributed by atoms with Crippen LogP contribution in [0.4, 0.5) is 10.1 Å². The summed E-state index contributed by atoms with van der Waals surface area (Å²) in [5.74, 6) is -2.06. The zero-order valence-corrected chi connectivity index (χ0v) is 14.1. The fourth-order valence-electron chi connectivity index (χ4n) is 2.62. The van der Waals surface area contributed by atoms with Crippen molar-refractivity contribution in [3.63, 3.8) is 0 Å². The third-order valence-electron chi connectivity index (χ3n) is 4.14. The van der Waals surface area contributed by atoms with Crippen LogP contribution in [0.5, 0.6) is 0 Å². The molecule has 0 spiro atoms. The molecule has 1 aliphatic heterocycles. The van der Waals surface area contributed by atoms with Gasteiger partial charge < -0.3 is 26.8 Å². The van der Waals surface area contributed by atoms with Gasteiger partial charge in [-0.25, -0.2) is 9.18 Å². The van der Waals surface area contributed by atoms with Gasteiger partial charge in [-0.05, 0) is 25.0 Å². The van der Waals surface area contributed by atoms with Crippen molar-refractivity contribution in [1.29, 1.82) is 0 Å². The average molecular weight is 353 g/mol. The lowest BCUT2D eigenvalue weighted by Crippen LogP contribution is -2.43. The zero-order chi connectivity index (χ0) is 18.4. The first-order valence-electron chi connectivity index (χ1n) is 8.07. The molecule has 1 saturated heterocycles. The Morgan fingerprint density at radius 1 is 1.40 bits per heavy atom. The molecule has 1 amide bonds. The number of carbonyl (C=O) groups excluding carboxylic acids is 2. The van der Waals surface area contributed by atoms with Crippen molar-refractivity contribution in [1.82, 2.24) is 10.2 Å². The van der Waals surface area contributed by atoms with Gasteiger partial charge in [0.05, 0.1) is 30.6 Å². The van der Waals surface area contributed by atoms with Crippen molar-refractivity contribution in [2.75, 3.05) is 32.2 Å². The van der Waals surface area contributed by atoms with E-state index in [1.165, 1.54) is 19.2 Å². The molecule has 8 nitrogen and oxygen atoms in total. The van der Waals surface area contributed by atoms with Gasteiger partial charge in [-0.3, -0.25) is 9.69 Å². The van der Waals surface area contributed by atoms with Crippen LogP contribution in [0.15, 0.2) is 18.2 Å². The molecule has 1 heterocycles. The maximum Gasteiger partial charge on any atom is 0.340 e. The number of hydrogen-bond acceptors (Lipinski definition) is 7. The van der Waals surface area contributed by atoms with Crippen LogP contribution < -0.4 is 22.1 Å². The topological polar surface area (TPSA) is 123 Å². The Labute approximate surface area is 145 Å². The number of nitrogens with one attached hydrogen (secondary N) is 2. The van der Waals surface area contributed by atoms with Gasteiger partial charge in [0.1, 0.15) is 5.82 Å². The largest absolute Gasteiger partial charge is 0.465 e. The molecule has 1 aromatic carbocycles. The van der Waals surface area contributed by atoms with Gasteiger partial charge >= 0.3 is 5.97 Å². The minimum absolute atomic E-state index is 0.0668. The molecule has 9 heteroatoms. The van der Waals surface area contributed by atoms with E-state index in [0.717, 1.165) is 19.2 Å². The Hall–Kier alpha value is -2.07. The third kappa shape index (κ3) is 4.95. The van der Waals surface area contributed by atoms with Gasteiger partial charge in [0.15, 0.2) is 0 Å². The van der Waals surface area contributed by atoms with E-state index in [-0.39, 0.29) is 17.4 Å². The molecule has 25 heavy (non-hydrogen) atoms. The second kappa shape index (κ2) is 8.86. The minimum Gasteiger partial charge on any atom is -0.465 e. The first kappa shape index (κ1) is 19.3. The molecule has 2 atom stereocenters. The highest BCUT2D eigenvalue weighted by Gasteiger charge is 2.23. The molecule has 0 aliphatic carbocycles. The second-order valence-electron chi connectivity index (χ2n) is 5.86. The first-order chi connectivity index (χ1) is 11.9. The summed E-state index contributed by atoms with van der Waals surface area (Å²) < 4.78 is 18.6. The number of para-hydroxylation sites is 1. The summed E-state index contributed by atoms with van der Waals surface area (Å²) in [6.45, 7) is 2.43. The van der Waals surface area contributed by atoms with Crippen molar-refractivity contribution >= 4 is 17.6 Å². The fourth-order valence-corrected chi connectivity index (χ4v) is 2.62. The molecule has 1 aliphatic rings. The van der Waals surface area contributed by atoms with E-state index in [1.54, 1.807) is 0 Å². The molecular formula is C16H24FN5O3. The van der Waals surface area contributed by atoms with Crippen LogP contribution in [0.2, 0.25) is 0 Å². The molecule has 0 bridgehead atoms. The van der Waals surface area contributed by atoms with Crippen LogP contribution in [-0.4, -0.2) is 55.9 Å². The summed E-state index contributed by atoms with van der Waals surface area (Å²) in [5.41, 5.74) is 11.6. The van der Waals surface area contributed by atoms with Gasteiger partial charge in [-0.15, -0.1) is 0 Å². The molecule has 138 valence electrons. The van der Waals surface area contributed by atoms with E-state index < -0.39 is 23.7 Å². The van der Waals surface area contributed by atoms with Gasteiger partial charge in [-0.2, -0.15) is 0 Å². The van der Waals surface area contributed by atoms with E-state index in [2.05, 4.69) is 20.3 Å². The van der Waals surface area contributed by atoms with Crippen LogP contribution in [-0.2, 0) is 9.53 Å². The summed E-state index contributed by atoms with van der Waals surface area (Å²) in [4.78, 5) is 26.0. The number of hydrogen-bond donors (Lipinski definition) is 4. The fraction of sp³-hybridized carbons (Fsp3) is 0.500. The van der Waals surface area contributed by atoms with Crippen LogP contribution in [0.25, 0.3) is 0 Å². The number of carbonyl (C=O) groups is 2. The Balaban J connectivity index is 1.95. The smallest absolute Gasteiger partial charge is 0.340 e. The maximum absolute atomic E-state index is 14.0. The van der Waals surface area contributed by atoms with E-state index in [0.29, 0.717) is 19.5 Å². The van der Waals surface area contributed by atoms with E-state index >= 15 is 0 Å². The number of rotatable bonds is 7. The summed E-state index contributed by atoms with van der Waals surface area (Å²) in [6.07, 6.45) is 0.663. The van der Waals surface area contributed by atoms with Gasteiger partial charge in [0.2, 0.25) is 5.91 Å². The highest BCUT2D eigenvalue weighted by atomic mass is 19.1. The summed E-state index contributed by atoms with van der Waals surface area (Å²) in [7, 11) is 1.18. The molecule has 6 N–H and O–H groups in total. The SMILES string of the molecule is COC(=O)c1cccc(F)c1NC(=O)C(N)CCC(N)N1CCNC1. The van der Waals surface area contributed by atoms with Crippen molar-refractivity contribution in [3.05, 3.63) is 29.6 Å². The Morgan fingerprint density at radius 3 is 2.80 bits per heavy atom. The van der Waals surface area contributed by atoms with Crippen LogP contribution in [0.1, 0.15) is 23.2 Å². The Kier molecular flexibility index (Phi) is 6.82. The molecule has 0 aromatic heterocycles. The number of nitrogens with two attached hydrogens (primary N) is 2. The van der Waals surface area contributed by atoms with Crippen molar-refractivity contribution < 1.29 is 18.7 Å². The number of halogens is 1. The molecule has 1 aromatic rings. The van der Waals surface area contributed by atoms with Crippen molar-refractivity contribution in [3.8, 4) is 0 Å². The van der Waals surface area contributed by atoms with Crippen molar-refractivity contribution in [2.45, 2.75) is 25.0 Å². The number of anilines is 1. The number of benzene rings is 1. The predicted octanol–water partition coefficient (Wildman–Crippen LogP) is -0.194. The maximum atomic E-state index is 14.0. The summed E-state index contributed by atoms with van der Waals surface area (Å²) >= 11 is 0. The molecular weight excluding hydrogens is 329 g/mol. The quantitative estimate of drug-likeness (QED) is 0.501. The molecule has 0 saturated carbocycles. The number of esters is 1. The van der Waals surface area contributed by atoms with Crippen LogP contribution >= 0.6 is 0 Å². The standard InChI is InChI=1S/C16H24FN5O3/c1-25-16(24)10-3-2-4-11(17)14(10)21-15(23)12(18)5-6-13(19)22-8-7-20-9-22/h2-4,12-13,20H,5-9,18-19H2,1H3,(H,21,23). The molecule has 1 fully saturated rings. The van der Waals surface area contributed by atoms with Gasteiger partial charge in [0, 0.05) is 19.8 Å². The van der Waals surface area contributed by atoms with Gasteiger partial charge in [-0.1, -0.05) is 6.07 Å². The Bertz CT molecular complexity index is 622. The highest BCUT2D eigenvalue weighted by Crippen LogP contribution is 2.21. The lowest BCUT2D eigenvalue weighted by molar-refractivity contribution is -0.117. The summed E-state index contributed by atoms with van der Waals surface area (Å²) in [5, 5.41) is 5.56. The summed E-state index contributed by atoms with van der Waals surface area (Å²) in [6, 6.07) is 3.00. The second-order valence-corrected chi connectivity index (χ2v) is 5.86. The van der Waals surface area contributed by atoms with Crippen LogP contribution in [0.3, 0.4) is 0 Å². The predicted molar refractivity (Wildman–Crippen MR) is 91.1 cm³/mol. The molecule has 0 radical (unpaired) electrons. The average Bonchev–Trinajstić information content (AvgIpc) is 3.15. The number of amides is 1. The Morgan fingerprint density at radius 2 is 2.16 bits per heavy atom. The van der Waals surface area contributed by atoms with Crippen LogP contribution in [0, 0.1) is 5.82 Å². The van der Waals surface area contributed by atoms with E-state index in [9.17, 15) is 14.0 Å².